The number of ether oxygens (including phenoxy) is 4. The molecular weight excluding hydrogens is 248 g/mol. The van der Waals surface area contributed by atoms with Gasteiger partial charge in [-0.3, -0.25) is 0 Å². The van der Waals surface area contributed by atoms with Crippen LogP contribution in [0, 0.1) is 5.41 Å². The molecule has 1 aliphatic carbocycles. The number of aliphatic hydroxyl groups excluding tert-OH is 1. The second-order valence-corrected chi connectivity index (χ2v) is 5.19. The summed E-state index contributed by atoms with van der Waals surface area (Å²) < 4.78 is 21.3. The third-order valence-electron chi connectivity index (χ3n) is 4.05. The summed E-state index contributed by atoms with van der Waals surface area (Å²) >= 11 is 0. The van der Waals surface area contributed by atoms with Crippen LogP contribution in [0.2, 0.25) is 0 Å². The minimum Gasteiger partial charge on any atom is -0.392 e. The highest BCUT2D eigenvalue weighted by molar-refractivity contribution is 5.00. The van der Waals surface area contributed by atoms with Crippen LogP contribution in [0.15, 0.2) is 0 Å². The number of rotatable bonds is 11. The molecule has 1 rings (SSSR count). The maximum atomic E-state index is 9.74. The van der Waals surface area contributed by atoms with Gasteiger partial charge in [-0.1, -0.05) is 13.8 Å². The predicted octanol–water partition coefficient (Wildman–Crippen LogP) is 1.23. The molecule has 1 aliphatic rings. The highest BCUT2D eigenvalue weighted by atomic mass is 16.6. The molecule has 19 heavy (non-hydrogen) atoms. The smallest absolute Gasteiger partial charge is 0.0704 e. The Bertz CT molecular complexity index is 236. The van der Waals surface area contributed by atoms with E-state index in [1.54, 1.807) is 7.11 Å². The quantitative estimate of drug-likeness (QED) is 0.575. The van der Waals surface area contributed by atoms with Gasteiger partial charge in [-0.15, -0.1) is 0 Å². The van der Waals surface area contributed by atoms with Gasteiger partial charge in [0.1, 0.15) is 0 Å². The summed E-state index contributed by atoms with van der Waals surface area (Å²) in [5.74, 6) is 0. The van der Waals surface area contributed by atoms with Crippen molar-refractivity contribution in [3.63, 3.8) is 0 Å². The van der Waals surface area contributed by atoms with Crippen LogP contribution in [0.5, 0.6) is 0 Å². The molecule has 0 bridgehead atoms. The molecule has 0 spiro atoms. The van der Waals surface area contributed by atoms with E-state index in [0.29, 0.717) is 39.6 Å². The third kappa shape index (κ3) is 5.00. The van der Waals surface area contributed by atoms with Gasteiger partial charge >= 0.3 is 0 Å². The van der Waals surface area contributed by atoms with Crippen molar-refractivity contribution < 1.29 is 24.1 Å². The zero-order valence-electron chi connectivity index (χ0n) is 12.4. The Kier molecular flexibility index (Phi) is 7.87. The van der Waals surface area contributed by atoms with Gasteiger partial charge in [0.2, 0.25) is 0 Å². The molecule has 0 aromatic carbocycles. The van der Waals surface area contributed by atoms with Crippen molar-refractivity contribution in [3.05, 3.63) is 0 Å². The Hall–Kier alpha value is -0.200. The fraction of sp³-hybridized carbons (Fsp3) is 1.00. The van der Waals surface area contributed by atoms with E-state index in [2.05, 4.69) is 13.8 Å². The van der Waals surface area contributed by atoms with E-state index in [0.717, 1.165) is 12.8 Å². The van der Waals surface area contributed by atoms with Gasteiger partial charge in [0.15, 0.2) is 0 Å². The Morgan fingerprint density at radius 1 is 1.05 bits per heavy atom. The lowest BCUT2D eigenvalue weighted by Gasteiger charge is -2.50. The number of hydrogen-bond donors (Lipinski definition) is 1. The summed E-state index contributed by atoms with van der Waals surface area (Å²) in [6.07, 6.45) is 1.61. The van der Waals surface area contributed by atoms with Crippen LogP contribution in [0.1, 0.15) is 26.7 Å². The van der Waals surface area contributed by atoms with Crippen molar-refractivity contribution in [1.29, 1.82) is 0 Å². The number of methoxy groups -OCH3 is 1. The van der Waals surface area contributed by atoms with Crippen LogP contribution in [0.4, 0.5) is 0 Å². The second kappa shape index (κ2) is 8.87. The Morgan fingerprint density at radius 2 is 1.63 bits per heavy atom. The van der Waals surface area contributed by atoms with E-state index in [9.17, 15) is 5.11 Å². The molecule has 5 nitrogen and oxygen atoms in total. The van der Waals surface area contributed by atoms with E-state index in [1.165, 1.54) is 0 Å². The molecule has 5 heteroatoms. The van der Waals surface area contributed by atoms with Crippen LogP contribution in [0.3, 0.4) is 0 Å². The highest BCUT2D eigenvalue weighted by Crippen LogP contribution is 2.45. The maximum absolute atomic E-state index is 9.74. The van der Waals surface area contributed by atoms with E-state index in [1.807, 2.05) is 0 Å². The summed E-state index contributed by atoms with van der Waals surface area (Å²) in [6, 6.07) is 0. The predicted molar refractivity (Wildman–Crippen MR) is 72.3 cm³/mol. The van der Waals surface area contributed by atoms with Gasteiger partial charge < -0.3 is 24.1 Å². The lowest BCUT2D eigenvalue weighted by molar-refractivity contribution is -0.189. The van der Waals surface area contributed by atoms with Gasteiger partial charge in [0, 0.05) is 18.9 Å². The van der Waals surface area contributed by atoms with E-state index in [4.69, 9.17) is 18.9 Å². The lowest BCUT2D eigenvalue weighted by atomic mass is 9.63. The molecule has 1 fully saturated rings. The minimum absolute atomic E-state index is 0.0801. The summed E-state index contributed by atoms with van der Waals surface area (Å²) in [5, 5.41) is 9.74. The summed E-state index contributed by atoms with van der Waals surface area (Å²) in [6.45, 7) is 7.69. The van der Waals surface area contributed by atoms with Gasteiger partial charge in [0.05, 0.1) is 51.8 Å². The Morgan fingerprint density at radius 3 is 2.16 bits per heavy atom. The molecule has 0 heterocycles. The number of aliphatic hydroxyl groups is 1. The fourth-order valence-electron chi connectivity index (χ4n) is 2.23. The summed E-state index contributed by atoms with van der Waals surface area (Å²) in [7, 11) is 1.65. The topological polar surface area (TPSA) is 57.2 Å². The van der Waals surface area contributed by atoms with Crippen LogP contribution < -0.4 is 0 Å². The zero-order chi connectivity index (χ0) is 14.1. The average Bonchev–Trinajstić information content (AvgIpc) is 2.43. The van der Waals surface area contributed by atoms with E-state index in [-0.39, 0.29) is 17.6 Å². The lowest BCUT2D eigenvalue weighted by Crippen LogP contribution is -2.56. The molecule has 3 unspecified atom stereocenters. The maximum Gasteiger partial charge on any atom is 0.0704 e. The van der Waals surface area contributed by atoms with Crippen molar-refractivity contribution >= 4 is 0 Å². The van der Waals surface area contributed by atoms with Crippen molar-refractivity contribution in [1.82, 2.24) is 0 Å². The Labute approximate surface area is 116 Å². The Balaban J connectivity index is 1.92. The van der Waals surface area contributed by atoms with E-state index >= 15 is 0 Å². The molecule has 0 amide bonds. The monoisotopic (exact) mass is 276 g/mol. The molecule has 3 atom stereocenters. The minimum atomic E-state index is -0.224. The normalized spacial score (nSPS) is 30.3. The van der Waals surface area contributed by atoms with E-state index < -0.39 is 0 Å². The van der Waals surface area contributed by atoms with Crippen molar-refractivity contribution in [2.45, 2.75) is 38.9 Å². The van der Waals surface area contributed by atoms with Gasteiger partial charge in [-0.2, -0.15) is 0 Å². The largest absolute Gasteiger partial charge is 0.392 e. The zero-order valence-corrected chi connectivity index (χ0v) is 12.4. The van der Waals surface area contributed by atoms with Crippen molar-refractivity contribution in [2.24, 2.45) is 5.41 Å². The second-order valence-electron chi connectivity index (χ2n) is 5.19. The molecule has 0 saturated heterocycles. The van der Waals surface area contributed by atoms with Crippen LogP contribution >= 0.6 is 0 Å². The molecule has 114 valence electrons. The summed E-state index contributed by atoms with van der Waals surface area (Å²) in [5.41, 5.74) is -0.0801. The van der Waals surface area contributed by atoms with Crippen LogP contribution in [-0.2, 0) is 18.9 Å². The molecule has 0 radical (unpaired) electrons. The van der Waals surface area contributed by atoms with Gasteiger partial charge in [-0.25, -0.2) is 0 Å². The first-order valence-corrected chi connectivity index (χ1v) is 7.09. The molecule has 0 aromatic rings. The van der Waals surface area contributed by atoms with Gasteiger partial charge in [0.25, 0.3) is 0 Å². The highest BCUT2D eigenvalue weighted by Gasteiger charge is 2.50. The third-order valence-corrected chi connectivity index (χ3v) is 4.05. The average molecular weight is 276 g/mol. The molecule has 1 N–H and O–H groups in total. The van der Waals surface area contributed by atoms with Crippen molar-refractivity contribution in [3.8, 4) is 0 Å². The first-order valence-electron chi connectivity index (χ1n) is 7.09. The van der Waals surface area contributed by atoms with Crippen LogP contribution in [-0.4, -0.2) is 64.1 Å². The SMILES string of the molecule is CCC1(C)C(O)CC1OCCOCCOCCOC. The molecular formula is C14H28O5. The fourth-order valence-corrected chi connectivity index (χ4v) is 2.23. The molecule has 0 aromatic heterocycles. The first-order chi connectivity index (χ1) is 9.15. The standard InChI is InChI=1S/C14H28O5/c1-4-14(2)12(15)11-13(14)19-10-9-18-8-7-17-6-5-16-3/h12-13,15H,4-11H2,1-3H3. The number of hydrogen-bond acceptors (Lipinski definition) is 5. The van der Waals surface area contributed by atoms with Crippen molar-refractivity contribution in [2.75, 3.05) is 46.8 Å². The summed E-state index contributed by atoms with van der Waals surface area (Å²) in [4.78, 5) is 0. The molecule has 1 saturated carbocycles. The molecule has 0 aliphatic heterocycles. The first kappa shape index (κ1) is 16.9. The van der Waals surface area contributed by atoms with Crippen LogP contribution in [0.25, 0.3) is 0 Å². The van der Waals surface area contributed by atoms with Gasteiger partial charge in [-0.05, 0) is 6.42 Å².